The van der Waals surface area contributed by atoms with Crippen LogP contribution in [0.15, 0.2) is 72.9 Å². The number of aryl methyl sites for hydroxylation is 2. The maximum absolute atomic E-state index is 2.34. The molecule has 0 bridgehead atoms. The Morgan fingerprint density at radius 3 is 2.48 bits per heavy atom. The highest BCUT2D eigenvalue weighted by Gasteiger charge is 2.17. The molecule has 0 unspecified atom stereocenters. The normalized spacial score (nSPS) is 11.6. The number of hydrogen-bond donors (Lipinski definition) is 0. The summed E-state index contributed by atoms with van der Waals surface area (Å²) in [5, 5.41) is 5.37. The third-order valence-corrected chi connectivity index (χ3v) is 6.15. The molecule has 0 saturated carbocycles. The van der Waals surface area contributed by atoms with Crippen molar-refractivity contribution in [2.24, 2.45) is 7.05 Å². The fourth-order valence-electron chi connectivity index (χ4n) is 3.76. The Kier molecular flexibility index (Phi) is 3.16. The molecule has 0 aliphatic carbocycles. The van der Waals surface area contributed by atoms with Crippen LogP contribution in [0.3, 0.4) is 0 Å². The lowest BCUT2D eigenvalue weighted by molar-refractivity contribution is -0.659. The van der Waals surface area contributed by atoms with Gasteiger partial charge in [0.15, 0.2) is 6.20 Å². The van der Waals surface area contributed by atoms with Crippen LogP contribution in [0.4, 0.5) is 0 Å². The van der Waals surface area contributed by atoms with E-state index in [1.165, 1.54) is 47.8 Å². The molecular formula is C23H18NS+. The minimum absolute atomic E-state index is 1.27. The maximum Gasteiger partial charge on any atom is 0.213 e. The zero-order valence-electron chi connectivity index (χ0n) is 14.3. The van der Waals surface area contributed by atoms with E-state index in [0.717, 1.165) is 0 Å². The molecule has 0 saturated heterocycles. The van der Waals surface area contributed by atoms with Gasteiger partial charge in [-0.25, -0.2) is 4.57 Å². The fraction of sp³-hybridized carbons (Fsp3) is 0.0870. The maximum atomic E-state index is 2.34. The molecule has 2 aromatic heterocycles. The quantitative estimate of drug-likeness (QED) is 0.329. The van der Waals surface area contributed by atoms with Crippen molar-refractivity contribution in [3.63, 3.8) is 0 Å². The summed E-state index contributed by atoms with van der Waals surface area (Å²) >= 11 is 1.89. The number of benzene rings is 3. The number of hydrogen-bond acceptors (Lipinski definition) is 1. The van der Waals surface area contributed by atoms with E-state index in [1.807, 2.05) is 11.3 Å². The lowest BCUT2D eigenvalue weighted by atomic mass is 10.0. The molecule has 0 radical (unpaired) electrons. The zero-order chi connectivity index (χ0) is 17.0. The Balaban J connectivity index is 1.89. The van der Waals surface area contributed by atoms with E-state index in [0.29, 0.717) is 0 Å². The van der Waals surface area contributed by atoms with Crippen LogP contribution in [-0.2, 0) is 7.05 Å². The largest absolute Gasteiger partial charge is 0.213 e. The number of aromatic nitrogens is 1. The molecule has 3 aromatic carbocycles. The highest BCUT2D eigenvalue weighted by atomic mass is 32.1. The number of nitrogens with zero attached hydrogens (tertiary/aromatic N) is 1. The van der Waals surface area contributed by atoms with Gasteiger partial charge in [0.05, 0.1) is 5.39 Å². The van der Waals surface area contributed by atoms with Crippen LogP contribution >= 0.6 is 11.3 Å². The first-order chi connectivity index (χ1) is 12.2. The molecule has 0 N–H and O–H groups in total. The first-order valence-electron chi connectivity index (χ1n) is 8.52. The topological polar surface area (TPSA) is 3.88 Å². The van der Waals surface area contributed by atoms with Crippen molar-refractivity contribution in [2.75, 3.05) is 0 Å². The van der Waals surface area contributed by atoms with Gasteiger partial charge in [-0.05, 0) is 35.4 Å². The Labute approximate surface area is 150 Å². The third kappa shape index (κ3) is 2.18. The van der Waals surface area contributed by atoms with Crippen molar-refractivity contribution in [1.29, 1.82) is 0 Å². The minimum atomic E-state index is 1.27. The Morgan fingerprint density at radius 2 is 1.60 bits per heavy atom. The van der Waals surface area contributed by atoms with Crippen molar-refractivity contribution >= 4 is 42.3 Å². The molecule has 2 heteroatoms. The smallest absolute Gasteiger partial charge is 0.200 e. The summed E-state index contributed by atoms with van der Waals surface area (Å²) in [6.45, 7) is 2.18. The second kappa shape index (κ2) is 5.40. The lowest BCUT2D eigenvalue weighted by Crippen LogP contribution is -2.30. The van der Waals surface area contributed by atoms with Crippen LogP contribution in [0.1, 0.15) is 5.56 Å². The standard InChI is InChI=1S/C23H18NS/c1-15-7-3-5-9-17(15)20-13-22-19(14-24(20)2)23-18-10-6-4-8-16(18)11-12-21(23)25-22/h3-14H,1-2H3/q+1. The van der Waals surface area contributed by atoms with Gasteiger partial charge < -0.3 is 0 Å². The summed E-state index contributed by atoms with van der Waals surface area (Å²) in [6, 6.07) is 24.1. The second-order valence-corrected chi connectivity index (χ2v) is 7.71. The summed E-state index contributed by atoms with van der Waals surface area (Å²) in [5.41, 5.74) is 3.87. The highest BCUT2D eigenvalue weighted by molar-refractivity contribution is 7.26. The Hall–Kier alpha value is -2.71. The van der Waals surface area contributed by atoms with E-state index in [1.54, 1.807) is 0 Å². The van der Waals surface area contributed by atoms with Crippen molar-refractivity contribution in [2.45, 2.75) is 6.92 Å². The van der Waals surface area contributed by atoms with Crippen LogP contribution in [0.25, 0.3) is 42.2 Å². The number of fused-ring (bicyclic) bond motifs is 5. The summed E-state index contributed by atoms with van der Waals surface area (Å²) in [7, 11) is 2.15. The molecule has 5 aromatic rings. The lowest BCUT2D eigenvalue weighted by Gasteiger charge is -2.04. The Bertz CT molecular complexity index is 1260. The summed E-state index contributed by atoms with van der Waals surface area (Å²) in [4.78, 5) is 0. The molecule has 0 fully saturated rings. The molecule has 25 heavy (non-hydrogen) atoms. The van der Waals surface area contributed by atoms with Crippen molar-refractivity contribution < 1.29 is 4.57 Å². The van der Waals surface area contributed by atoms with E-state index in [-0.39, 0.29) is 0 Å². The minimum Gasteiger partial charge on any atom is -0.200 e. The fourth-order valence-corrected chi connectivity index (χ4v) is 4.89. The van der Waals surface area contributed by atoms with Gasteiger partial charge in [0, 0.05) is 26.4 Å². The van der Waals surface area contributed by atoms with Crippen LogP contribution < -0.4 is 4.57 Å². The molecule has 0 aliphatic rings. The van der Waals surface area contributed by atoms with Crippen molar-refractivity contribution in [1.82, 2.24) is 0 Å². The molecule has 0 spiro atoms. The van der Waals surface area contributed by atoms with Gasteiger partial charge in [-0.15, -0.1) is 11.3 Å². The predicted octanol–water partition coefficient (Wildman–Crippen LogP) is 6.01. The van der Waals surface area contributed by atoms with Crippen LogP contribution in [0.2, 0.25) is 0 Å². The van der Waals surface area contributed by atoms with Gasteiger partial charge in [-0.3, -0.25) is 0 Å². The zero-order valence-corrected chi connectivity index (χ0v) is 15.1. The average Bonchev–Trinajstić information content (AvgIpc) is 2.99. The molecular weight excluding hydrogens is 322 g/mol. The first-order valence-corrected chi connectivity index (χ1v) is 9.34. The molecule has 2 heterocycles. The highest BCUT2D eigenvalue weighted by Crippen LogP contribution is 2.39. The average molecular weight is 340 g/mol. The van der Waals surface area contributed by atoms with Crippen molar-refractivity contribution in [3.05, 3.63) is 78.5 Å². The molecule has 120 valence electrons. The van der Waals surface area contributed by atoms with E-state index in [2.05, 4.69) is 91.5 Å². The number of rotatable bonds is 1. The van der Waals surface area contributed by atoms with E-state index in [9.17, 15) is 0 Å². The third-order valence-electron chi connectivity index (χ3n) is 5.04. The molecule has 5 rings (SSSR count). The SMILES string of the molecule is Cc1ccccc1-c1cc2sc3ccc4ccccc4c3c2c[n+]1C. The van der Waals surface area contributed by atoms with Gasteiger partial charge in [0.2, 0.25) is 5.69 Å². The van der Waals surface area contributed by atoms with Crippen LogP contribution in [-0.4, -0.2) is 0 Å². The van der Waals surface area contributed by atoms with Crippen LogP contribution in [0, 0.1) is 6.92 Å². The van der Waals surface area contributed by atoms with E-state index >= 15 is 0 Å². The molecule has 1 nitrogen and oxygen atoms in total. The van der Waals surface area contributed by atoms with E-state index < -0.39 is 0 Å². The van der Waals surface area contributed by atoms with Crippen LogP contribution in [0.5, 0.6) is 0 Å². The van der Waals surface area contributed by atoms with Crippen molar-refractivity contribution in [3.8, 4) is 11.3 Å². The Morgan fingerprint density at radius 1 is 0.800 bits per heavy atom. The van der Waals surface area contributed by atoms with Gasteiger partial charge in [-0.2, -0.15) is 0 Å². The second-order valence-electron chi connectivity index (χ2n) is 6.62. The monoisotopic (exact) mass is 340 g/mol. The number of pyridine rings is 1. The van der Waals surface area contributed by atoms with Gasteiger partial charge >= 0.3 is 0 Å². The van der Waals surface area contributed by atoms with Gasteiger partial charge in [-0.1, -0.05) is 48.5 Å². The number of thiophene rings is 1. The predicted molar refractivity (Wildman–Crippen MR) is 108 cm³/mol. The first kappa shape index (κ1) is 14.6. The molecule has 0 atom stereocenters. The van der Waals surface area contributed by atoms with Gasteiger partial charge in [0.1, 0.15) is 7.05 Å². The molecule has 0 amide bonds. The van der Waals surface area contributed by atoms with E-state index in [4.69, 9.17) is 0 Å². The van der Waals surface area contributed by atoms with Gasteiger partial charge in [0.25, 0.3) is 0 Å². The summed E-state index contributed by atoms with van der Waals surface area (Å²) in [5.74, 6) is 0. The summed E-state index contributed by atoms with van der Waals surface area (Å²) < 4.78 is 4.97. The molecule has 0 aliphatic heterocycles. The summed E-state index contributed by atoms with van der Waals surface area (Å²) in [6.07, 6.45) is 2.29.